The van der Waals surface area contributed by atoms with E-state index in [4.69, 9.17) is 15.7 Å². The zero-order valence-corrected chi connectivity index (χ0v) is 10.8. The average molecular weight is 256 g/mol. The first kappa shape index (κ1) is 13.6. The monoisotopic (exact) mass is 256 g/mol. The lowest BCUT2D eigenvalue weighted by Gasteiger charge is -2.35. The Morgan fingerprint density at radius 2 is 2.44 bits per heavy atom. The third-order valence-electron chi connectivity index (χ3n) is 3.75. The fraction of sp³-hybridized carbons (Fsp3) is 0.917. The maximum absolute atomic E-state index is 8.40. The molecular weight excluding hydrogens is 232 g/mol. The van der Waals surface area contributed by atoms with Crippen LogP contribution in [0.4, 0.5) is 0 Å². The van der Waals surface area contributed by atoms with Gasteiger partial charge in [0, 0.05) is 25.6 Å². The molecule has 6 nitrogen and oxygen atoms in total. The summed E-state index contributed by atoms with van der Waals surface area (Å²) in [6, 6.07) is 0.668. The number of amidine groups is 1. The summed E-state index contributed by atoms with van der Waals surface area (Å²) >= 11 is 0. The molecule has 2 atom stereocenters. The predicted molar refractivity (Wildman–Crippen MR) is 69.8 cm³/mol. The minimum absolute atomic E-state index is 0.297. The Balaban J connectivity index is 1.54. The fourth-order valence-corrected chi connectivity index (χ4v) is 2.72. The number of nitrogens with zero attached hydrogens (tertiary/aromatic N) is 2. The molecule has 0 radical (unpaired) electrons. The molecule has 0 saturated carbocycles. The summed E-state index contributed by atoms with van der Waals surface area (Å²) in [5.41, 5.74) is 5.40. The number of morpholine rings is 1. The molecule has 0 aromatic heterocycles. The van der Waals surface area contributed by atoms with Gasteiger partial charge in [-0.2, -0.15) is 0 Å². The van der Waals surface area contributed by atoms with E-state index in [2.05, 4.69) is 15.4 Å². The first-order chi connectivity index (χ1) is 8.79. The quantitative estimate of drug-likeness (QED) is 0.204. The van der Waals surface area contributed by atoms with E-state index in [1.54, 1.807) is 0 Å². The second-order valence-electron chi connectivity index (χ2n) is 5.15. The molecule has 0 aromatic rings. The topological polar surface area (TPSA) is 83.1 Å². The molecular formula is C12H24N4O2. The van der Waals surface area contributed by atoms with Crippen LogP contribution in [0.1, 0.15) is 25.7 Å². The number of nitrogens with two attached hydrogens (primary N) is 1. The van der Waals surface area contributed by atoms with E-state index in [1.165, 1.54) is 19.4 Å². The number of oxime groups is 1. The van der Waals surface area contributed by atoms with Gasteiger partial charge >= 0.3 is 0 Å². The minimum atomic E-state index is 0.297. The van der Waals surface area contributed by atoms with Crippen LogP contribution < -0.4 is 11.1 Å². The summed E-state index contributed by atoms with van der Waals surface area (Å²) in [6.45, 7) is 4.93. The lowest BCUT2D eigenvalue weighted by atomic mass is 10.2. The maximum atomic E-state index is 8.40. The Morgan fingerprint density at radius 1 is 1.56 bits per heavy atom. The van der Waals surface area contributed by atoms with E-state index in [0.29, 0.717) is 24.4 Å². The summed E-state index contributed by atoms with van der Waals surface area (Å²) in [7, 11) is 0. The Labute approximate surface area is 108 Å². The lowest BCUT2D eigenvalue weighted by molar-refractivity contribution is -0.0468. The Hall–Kier alpha value is -0.850. The summed E-state index contributed by atoms with van der Waals surface area (Å²) in [6.07, 6.45) is 4.43. The third-order valence-corrected chi connectivity index (χ3v) is 3.75. The number of fused-ring (bicyclic) bond motifs is 1. The molecule has 2 rings (SSSR count). The van der Waals surface area contributed by atoms with Crippen molar-refractivity contribution in [2.75, 3.05) is 32.8 Å². The van der Waals surface area contributed by atoms with E-state index in [9.17, 15) is 0 Å². The molecule has 2 saturated heterocycles. The van der Waals surface area contributed by atoms with E-state index < -0.39 is 0 Å². The van der Waals surface area contributed by atoms with Gasteiger partial charge in [0.05, 0.1) is 12.7 Å². The fourth-order valence-electron chi connectivity index (χ4n) is 2.72. The predicted octanol–water partition coefficient (Wildman–Crippen LogP) is -0.0342. The van der Waals surface area contributed by atoms with Crippen LogP contribution in [0.2, 0.25) is 0 Å². The van der Waals surface area contributed by atoms with Gasteiger partial charge in [-0.15, -0.1) is 0 Å². The van der Waals surface area contributed by atoms with Gasteiger partial charge in [-0.25, -0.2) is 0 Å². The largest absolute Gasteiger partial charge is 0.409 e. The Bertz CT molecular complexity index is 285. The molecule has 2 heterocycles. The summed E-state index contributed by atoms with van der Waals surface area (Å²) < 4.78 is 5.85. The SMILES string of the molecule is NC(CCCNCC1CN2CCCC2CO1)=NO. The number of rotatable bonds is 6. The minimum Gasteiger partial charge on any atom is -0.409 e. The number of ether oxygens (including phenoxy) is 1. The number of nitrogens with one attached hydrogen (secondary N) is 1. The number of hydrogen-bond acceptors (Lipinski definition) is 5. The van der Waals surface area contributed by atoms with E-state index >= 15 is 0 Å². The van der Waals surface area contributed by atoms with Gasteiger partial charge in [-0.3, -0.25) is 4.90 Å². The van der Waals surface area contributed by atoms with Crippen LogP contribution in [0.5, 0.6) is 0 Å². The van der Waals surface area contributed by atoms with Crippen molar-refractivity contribution in [2.45, 2.75) is 37.8 Å². The molecule has 0 spiro atoms. The first-order valence-corrected chi connectivity index (χ1v) is 6.82. The summed E-state index contributed by atoms with van der Waals surface area (Å²) in [5, 5.41) is 14.7. The van der Waals surface area contributed by atoms with Crippen LogP contribution >= 0.6 is 0 Å². The molecule has 18 heavy (non-hydrogen) atoms. The van der Waals surface area contributed by atoms with E-state index in [1.807, 2.05) is 0 Å². The van der Waals surface area contributed by atoms with Crippen molar-refractivity contribution in [3.05, 3.63) is 0 Å². The smallest absolute Gasteiger partial charge is 0.139 e. The van der Waals surface area contributed by atoms with E-state index in [-0.39, 0.29) is 0 Å². The zero-order valence-electron chi connectivity index (χ0n) is 10.8. The Morgan fingerprint density at radius 3 is 3.28 bits per heavy atom. The van der Waals surface area contributed by atoms with Crippen LogP contribution in [0.25, 0.3) is 0 Å². The second kappa shape index (κ2) is 6.92. The highest BCUT2D eigenvalue weighted by Gasteiger charge is 2.31. The van der Waals surface area contributed by atoms with E-state index in [0.717, 1.165) is 32.7 Å². The summed E-state index contributed by atoms with van der Waals surface area (Å²) in [5.74, 6) is 0.297. The molecule has 6 heteroatoms. The van der Waals surface area contributed by atoms with Crippen LogP contribution in [0.3, 0.4) is 0 Å². The van der Waals surface area contributed by atoms with Crippen molar-refractivity contribution in [3.8, 4) is 0 Å². The van der Waals surface area contributed by atoms with Gasteiger partial charge < -0.3 is 21.0 Å². The van der Waals surface area contributed by atoms with Crippen molar-refractivity contribution >= 4 is 5.84 Å². The van der Waals surface area contributed by atoms with Gasteiger partial charge in [0.15, 0.2) is 0 Å². The molecule has 4 N–H and O–H groups in total. The second-order valence-corrected chi connectivity index (χ2v) is 5.15. The van der Waals surface area contributed by atoms with Gasteiger partial charge in [-0.05, 0) is 32.4 Å². The molecule has 2 aliphatic heterocycles. The van der Waals surface area contributed by atoms with Gasteiger partial charge in [0.1, 0.15) is 5.84 Å². The highest BCUT2D eigenvalue weighted by molar-refractivity contribution is 5.79. The molecule has 2 unspecified atom stereocenters. The highest BCUT2D eigenvalue weighted by atomic mass is 16.5. The Kier molecular flexibility index (Phi) is 5.22. The highest BCUT2D eigenvalue weighted by Crippen LogP contribution is 2.22. The lowest BCUT2D eigenvalue weighted by Crippen LogP contribution is -2.49. The van der Waals surface area contributed by atoms with Gasteiger partial charge in [0.2, 0.25) is 0 Å². The molecule has 0 aliphatic carbocycles. The molecule has 0 bridgehead atoms. The summed E-state index contributed by atoms with van der Waals surface area (Å²) in [4.78, 5) is 2.55. The van der Waals surface area contributed by atoms with Crippen LogP contribution in [0, 0.1) is 0 Å². The molecule has 104 valence electrons. The first-order valence-electron chi connectivity index (χ1n) is 6.82. The molecule has 0 amide bonds. The van der Waals surface area contributed by atoms with Crippen LogP contribution in [-0.2, 0) is 4.74 Å². The van der Waals surface area contributed by atoms with Crippen LogP contribution in [0.15, 0.2) is 5.16 Å². The van der Waals surface area contributed by atoms with Gasteiger partial charge in [-0.1, -0.05) is 5.16 Å². The van der Waals surface area contributed by atoms with Crippen molar-refractivity contribution in [1.82, 2.24) is 10.2 Å². The van der Waals surface area contributed by atoms with Gasteiger partial charge in [0.25, 0.3) is 0 Å². The van der Waals surface area contributed by atoms with Crippen molar-refractivity contribution < 1.29 is 9.94 Å². The standard InChI is InChI=1S/C12H24N4O2/c13-12(15-17)4-1-5-14-7-11-8-16-6-2-3-10(16)9-18-11/h10-11,14,17H,1-9H2,(H2,13,15). The third kappa shape index (κ3) is 3.83. The normalized spacial score (nSPS) is 29.4. The van der Waals surface area contributed by atoms with Crippen LogP contribution in [-0.4, -0.2) is 60.9 Å². The molecule has 0 aromatic carbocycles. The van der Waals surface area contributed by atoms with Crippen molar-refractivity contribution in [2.24, 2.45) is 10.9 Å². The molecule has 2 aliphatic rings. The van der Waals surface area contributed by atoms with Crippen molar-refractivity contribution in [3.63, 3.8) is 0 Å². The maximum Gasteiger partial charge on any atom is 0.139 e. The average Bonchev–Trinajstić information content (AvgIpc) is 2.85. The molecule has 2 fully saturated rings. The van der Waals surface area contributed by atoms with Crippen molar-refractivity contribution in [1.29, 1.82) is 0 Å². The zero-order chi connectivity index (χ0) is 12.8. The number of hydrogen-bond donors (Lipinski definition) is 3.